The molecule has 0 saturated heterocycles. The number of anilines is 1. The molecule has 2 heterocycles. The Morgan fingerprint density at radius 3 is 2.73 bits per heavy atom. The summed E-state index contributed by atoms with van der Waals surface area (Å²) in [6.07, 6.45) is 2.12. The van der Waals surface area contributed by atoms with E-state index >= 15 is 0 Å². The molecule has 33 heavy (non-hydrogen) atoms. The third kappa shape index (κ3) is 5.40. The molecule has 7 nitrogen and oxygen atoms in total. The monoisotopic (exact) mass is 481 g/mol. The molecule has 0 unspecified atom stereocenters. The first-order valence-electron chi connectivity index (χ1n) is 10.4. The maximum atomic E-state index is 13.1. The molecule has 9 heteroatoms. The molecule has 0 fully saturated rings. The Kier molecular flexibility index (Phi) is 6.49. The Hall–Kier alpha value is -3.23. The van der Waals surface area contributed by atoms with Crippen LogP contribution in [0.5, 0.6) is 0 Å². The van der Waals surface area contributed by atoms with Gasteiger partial charge in [0, 0.05) is 23.7 Å². The van der Waals surface area contributed by atoms with Crippen LogP contribution in [0, 0.1) is 5.41 Å². The minimum Gasteiger partial charge on any atom is -0.352 e. The molecule has 4 aromatic rings. The van der Waals surface area contributed by atoms with E-state index in [1.54, 1.807) is 34.6 Å². The number of halogens is 1. The number of carbonyl (C=O) groups excluding carboxylic acids is 2. The van der Waals surface area contributed by atoms with E-state index in [4.69, 9.17) is 11.6 Å². The highest BCUT2D eigenvalue weighted by Gasteiger charge is 2.17. The summed E-state index contributed by atoms with van der Waals surface area (Å²) in [5.74, 6) is 0.353. The number of hydrogen-bond donors (Lipinski definition) is 2. The fraction of sp³-hybridized carbons (Fsp3) is 0.250. The van der Waals surface area contributed by atoms with Crippen molar-refractivity contribution in [1.29, 1.82) is 0 Å². The molecule has 2 N–H and O–H groups in total. The summed E-state index contributed by atoms with van der Waals surface area (Å²) in [6.45, 7) is 6.36. The first-order valence-corrected chi connectivity index (χ1v) is 11.8. The van der Waals surface area contributed by atoms with Gasteiger partial charge in [0.15, 0.2) is 5.82 Å². The molecule has 0 radical (unpaired) electrons. The van der Waals surface area contributed by atoms with Gasteiger partial charge in [-0.25, -0.2) is 9.67 Å². The molecule has 170 valence electrons. The van der Waals surface area contributed by atoms with Gasteiger partial charge >= 0.3 is 0 Å². The van der Waals surface area contributed by atoms with Gasteiger partial charge in [0.05, 0.1) is 33.5 Å². The van der Waals surface area contributed by atoms with Crippen LogP contribution in [0.4, 0.5) is 5.69 Å². The zero-order chi connectivity index (χ0) is 23.6. The minimum absolute atomic E-state index is 0.0350. The van der Waals surface area contributed by atoms with Gasteiger partial charge in [0.25, 0.3) is 5.91 Å². The number of hydrogen-bond acceptors (Lipinski definition) is 5. The second kappa shape index (κ2) is 9.33. The lowest BCUT2D eigenvalue weighted by atomic mass is 9.92. The van der Waals surface area contributed by atoms with E-state index in [0.717, 1.165) is 22.3 Å². The normalized spacial score (nSPS) is 11.5. The predicted molar refractivity (Wildman–Crippen MR) is 132 cm³/mol. The summed E-state index contributed by atoms with van der Waals surface area (Å²) in [4.78, 5) is 29.5. The minimum atomic E-state index is -0.336. The first kappa shape index (κ1) is 22.9. The fourth-order valence-corrected chi connectivity index (χ4v) is 4.16. The summed E-state index contributed by atoms with van der Waals surface area (Å²) >= 11 is 7.81. The molecule has 0 spiro atoms. The maximum absolute atomic E-state index is 13.1. The lowest BCUT2D eigenvalue weighted by Crippen LogP contribution is -2.27. The van der Waals surface area contributed by atoms with Crippen LogP contribution in [0.3, 0.4) is 0 Å². The van der Waals surface area contributed by atoms with Crippen LogP contribution in [0.2, 0.25) is 5.02 Å². The highest BCUT2D eigenvalue weighted by atomic mass is 35.5. The predicted octanol–water partition coefficient (Wildman–Crippen LogP) is 5.44. The van der Waals surface area contributed by atoms with Crippen molar-refractivity contribution in [3.8, 4) is 5.82 Å². The van der Waals surface area contributed by atoms with E-state index in [2.05, 4.69) is 20.7 Å². The summed E-state index contributed by atoms with van der Waals surface area (Å²) in [5, 5.41) is 13.3. The van der Waals surface area contributed by atoms with Crippen LogP contribution in [0.25, 0.3) is 16.7 Å². The summed E-state index contributed by atoms with van der Waals surface area (Å²) in [7, 11) is 0. The number of carbonyl (C=O) groups is 2. The Bertz CT molecular complexity index is 1310. The largest absolute Gasteiger partial charge is 0.352 e. The fourth-order valence-electron chi connectivity index (χ4n) is 3.44. The van der Waals surface area contributed by atoms with Gasteiger partial charge < -0.3 is 10.6 Å². The highest BCUT2D eigenvalue weighted by Crippen LogP contribution is 2.27. The molecule has 2 aromatic heterocycles. The molecule has 0 atom stereocenters. The van der Waals surface area contributed by atoms with Gasteiger partial charge in [-0.3, -0.25) is 9.59 Å². The van der Waals surface area contributed by atoms with E-state index in [-0.39, 0.29) is 17.2 Å². The molecule has 0 bridgehead atoms. The van der Waals surface area contributed by atoms with Gasteiger partial charge in [-0.2, -0.15) is 5.10 Å². The first-order chi connectivity index (χ1) is 15.7. The van der Waals surface area contributed by atoms with Crippen molar-refractivity contribution in [3.05, 3.63) is 69.6 Å². The van der Waals surface area contributed by atoms with Crippen molar-refractivity contribution < 1.29 is 9.59 Å². The Morgan fingerprint density at radius 2 is 2.00 bits per heavy atom. The number of nitrogens with one attached hydrogen (secondary N) is 2. The number of nitrogens with zero attached hydrogens (tertiary/aromatic N) is 3. The molecule has 2 amide bonds. The van der Waals surface area contributed by atoms with Crippen molar-refractivity contribution in [3.63, 3.8) is 0 Å². The molecular weight excluding hydrogens is 458 g/mol. The number of aromatic nitrogens is 3. The van der Waals surface area contributed by atoms with Crippen LogP contribution in [0.15, 0.2) is 53.5 Å². The third-order valence-electron chi connectivity index (χ3n) is 4.95. The zero-order valence-electron chi connectivity index (χ0n) is 18.6. The van der Waals surface area contributed by atoms with Crippen molar-refractivity contribution in [2.45, 2.75) is 33.7 Å². The summed E-state index contributed by atoms with van der Waals surface area (Å²) in [5.41, 5.74) is 4.24. The smallest absolute Gasteiger partial charge is 0.257 e. The Balaban J connectivity index is 1.52. The van der Waals surface area contributed by atoms with E-state index in [9.17, 15) is 9.59 Å². The number of benzene rings is 2. The van der Waals surface area contributed by atoms with Crippen molar-refractivity contribution in [2.24, 2.45) is 5.41 Å². The quantitative estimate of drug-likeness (QED) is 0.383. The van der Waals surface area contributed by atoms with Gasteiger partial charge in [-0.1, -0.05) is 44.5 Å². The zero-order valence-corrected chi connectivity index (χ0v) is 20.1. The lowest BCUT2D eigenvalue weighted by Gasteiger charge is -2.17. The van der Waals surface area contributed by atoms with Crippen molar-refractivity contribution in [2.75, 3.05) is 5.32 Å². The van der Waals surface area contributed by atoms with E-state index in [0.29, 0.717) is 29.2 Å². The van der Waals surface area contributed by atoms with Gasteiger partial charge in [-0.15, -0.1) is 11.3 Å². The second-order valence-corrected chi connectivity index (χ2v) is 10.0. The standard InChI is InChI=1S/C24H24ClN5O2S/c1-24(2,3)10-22(31)26-11-15-7-8-18(25)16(9-15)23(32)29-19-5-4-6-20-17(19)12-28-30(20)21-13-33-14-27-21/h4-9,12-14H,10-11H2,1-3H3,(H,26,31)(H,29,32). The number of fused-ring (bicyclic) bond motifs is 1. The highest BCUT2D eigenvalue weighted by molar-refractivity contribution is 7.07. The van der Waals surface area contributed by atoms with Crippen LogP contribution >= 0.6 is 22.9 Å². The maximum Gasteiger partial charge on any atom is 0.257 e. The Morgan fingerprint density at radius 1 is 1.18 bits per heavy atom. The van der Waals surface area contributed by atoms with Crippen LogP contribution in [-0.2, 0) is 11.3 Å². The number of rotatable bonds is 6. The van der Waals surface area contributed by atoms with Crippen LogP contribution < -0.4 is 10.6 Å². The summed E-state index contributed by atoms with van der Waals surface area (Å²) < 4.78 is 1.73. The molecule has 4 rings (SSSR count). The van der Waals surface area contributed by atoms with Gasteiger partial charge in [0.2, 0.25) is 5.91 Å². The van der Waals surface area contributed by atoms with Crippen LogP contribution in [0.1, 0.15) is 43.1 Å². The average molecular weight is 482 g/mol. The Labute approximate surface area is 200 Å². The van der Waals surface area contributed by atoms with Crippen molar-refractivity contribution in [1.82, 2.24) is 20.1 Å². The molecular formula is C24H24ClN5O2S. The van der Waals surface area contributed by atoms with Gasteiger partial charge in [0.1, 0.15) is 0 Å². The van der Waals surface area contributed by atoms with E-state index < -0.39 is 0 Å². The molecule has 0 aliphatic rings. The van der Waals surface area contributed by atoms with Gasteiger partial charge in [-0.05, 0) is 35.2 Å². The van der Waals surface area contributed by atoms with E-state index in [1.165, 1.54) is 11.3 Å². The molecule has 0 saturated carbocycles. The SMILES string of the molecule is CC(C)(C)CC(=O)NCc1ccc(Cl)c(C(=O)Nc2cccc3c2cnn3-c2cscn2)c1. The number of thiazole rings is 1. The molecule has 0 aliphatic carbocycles. The second-order valence-electron chi connectivity index (χ2n) is 8.92. The average Bonchev–Trinajstić information content (AvgIpc) is 3.42. The van der Waals surface area contributed by atoms with E-state index in [1.807, 2.05) is 44.4 Å². The lowest BCUT2D eigenvalue weighted by molar-refractivity contribution is -0.122. The molecule has 0 aliphatic heterocycles. The van der Waals surface area contributed by atoms with Crippen LogP contribution in [-0.4, -0.2) is 26.6 Å². The molecule has 2 aromatic carbocycles. The topological polar surface area (TPSA) is 88.9 Å². The third-order valence-corrected chi connectivity index (χ3v) is 5.86. The number of amides is 2. The summed E-state index contributed by atoms with van der Waals surface area (Å²) in [6, 6.07) is 10.8. The van der Waals surface area contributed by atoms with Crippen molar-refractivity contribution >= 4 is 51.3 Å².